The molecule has 0 fully saturated rings. The molecular weight excluding hydrogens is 597 g/mol. The van der Waals surface area contributed by atoms with Gasteiger partial charge < -0.3 is 0 Å². The van der Waals surface area contributed by atoms with Crippen LogP contribution >= 0.6 is 45.8 Å². The number of aromatic nitrogens is 6. The first-order chi connectivity index (χ1) is 14.5. The summed E-state index contributed by atoms with van der Waals surface area (Å²) in [5, 5.41) is 6.79. The summed E-state index contributed by atoms with van der Waals surface area (Å²) in [6.45, 7) is 0.388. The van der Waals surface area contributed by atoms with Crippen molar-refractivity contribution < 1.29 is 0 Å². The number of hydrogen-bond donors (Lipinski definition) is 0. The van der Waals surface area contributed by atoms with E-state index in [2.05, 4.69) is 37.7 Å². The van der Waals surface area contributed by atoms with Crippen LogP contribution < -0.4 is 4.48 Å². The Hall–Kier alpha value is -1.80. The molecule has 0 saturated heterocycles. The van der Waals surface area contributed by atoms with E-state index in [1.165, 1.54) is 16.9 Å². The van der Waals surface area contributed by atoms with Crippen LogP contribution in [0.15, 0.2) is 48.8 Å². The number of nitrogens with zero attached hydrogens (tertiary/aromatic N) is 6. The van der Waals surface area contributed by atoms with Gasteiger partial charge in [0.1, 0.15) is 0 Å². The third kappa shape index (κ3) is 3.47. The molecule has 0 aliphatic carbocycles. The Balaban J connectivity index is 1.76. The van der Waals surface area contributed by atoms with Crippen molar-refractivity contribution in [2.45, 2.75) is 6.54 Å². The predicted molar refractivity (Wildman–Crippen MR) is 130 cm³/mol. The molecule has 0 saturated carbocycles. The molecule has 0 bridgehead atoms. The van der Waals surface area contributed by atoms with Gasteiger partial charge >= 0.3 is 205 Å². The minimum atomic E-state index is 0.388. The van der Waals surface area contributed by atoms with Crippen molar-refractivity contribution in [3.8, 4) is 11.3 Å². The van der Waals surface area contributed by atoms with Gasteiger partial charge in [-0.25, -0.2) is 0 Å². The zero-order valence-corrected chi connectivity index (χ0v) is 21.3. The Morgan fingerprint density at radius 3 is 2.60 bits per heavy atom. The molecule has 0 amide bonds. The second-order valence-corrected chi connectivity index (χ2v) is 9.50. The van der Waals surface area contributed by atoms with Gasteiger partial charge in [0.2, 0.25) is 0 Å². The standard InChI is InChI=1S/C20H12AsCl2IN6/c21-18-15-19(24)29-30(20(15)26-9-25-18)8-14-16(10-4-1-2-5-11(10)22)28-17-12(23)6-3-7-13(17)27-14/h1-7,9H,8,21H2. The molecule has 1 atom stereocenters. The Kier molecular flexibility index (Phi) is 5.39. The Morgan fingerprint density at radius 2 is 1.77 bits per heavy atom. The predicted octanol–water partition coefficient (Wildman–Crippen LogP) is 3.65. The van der Waals surface area contributed by atoms with E-state index in [-0.39, 0.29) is 0 Å². The maximum atomic E-state index is 6.50. The van der Waals surface area contributed by atoms with Gasteiger partial charge in [-0.15, -0.1) is 0 Å². The minimum absolute atomic E-state index is 0.388. The molecule has 0 aliphatic rings. The van der Waals surface area contributed by atoms with Crippen LogP contribution in [-0.4, -0.2) is 46.6 Å². The Labute approximate surface area is 203 Å². The number of hydrogen-bond acceptors (Lipinski definition) is 5. The molecule has 0 radical (unpaired) electrons. The molecule has 0 aliphatic heterocycles. The average molecular weight is 609 g/mol. The van der Waals surface area contributed by atoms with Gasteiger partial charge in [-0.3, -0.25) is 0 Å². The van der Waals surface area contributed by atoms with Crippen LogP contribution in [0.1, 0.15) is 5.69 Å². The first kappa shape index (κ1) is 20.1. The van der Waals surface area contributed by atoms with Crippen LogP contribution in [0.5, 0.6) is 0 Å². The van der Waals surface area contributed by atoms with E-state index in [9.17, 15) is 0 Å². The second kappa shape index (κ2) is 8.04. The van der Waals surface area contributed by atoms with Crippen LogP contribution in [0, 0.1) is 3.70 Å². The average Bonchev–Trinajstić information content (AvgIpc) is 3.05. The van der Waals surface area contributed by atoms with Gasteiger partial charge in [0.25, 0.3) is 0 Å². The van der Waals surface area contributed by atoms with E-state index in [4.69, 9.17) is 33.2 Å². The van der Waals surface area contributed by atoms with Crippen molar-refractivity contribution in [1.29, 1.82) is 0 Å². The summed E-state index contributed by atoms with van der Waals surface area (Å²) in [5.74, 6) is 0. The zero-order chi connectivity index (χ0) is 20.8. The molecule has 6 nitrogen and oxygen atoms in total. The van der Waals surface area contributed by atoms with E-state index >= 15 is 0 Å². The van der Waals surface area contributed by atoms with Crippen LogP contribution in [0.4, 0.5) is 0 Å². The van der Waals surface area contributed by atoms with Crippen LogP contribution in [0.3, 0.4) is 0 Å². The summed E-state index contributed by atoms with van der Waals surface area (Å²) in [6.07, 6.45) is 1.56. The van der Waals surface area contributed by atoms with Crippen molar-refractivity contribution in [2.24, 2.45) is 0 Å². The monoisotopic (exact) mass is 608 g/mol. The molecule has 5 rings (SSSR count). The molecule has 2 aromatic carbocycles. The van der Waals surface area contributed by atoms with Crippen molar-refractivity contribution in [3.63, 3.8) is 0 Å². The molecule has 3 aromatic heterocycles. The second-order valence-electron chi connectivity index (χ2n) is 6.51. The molecule has 10 heteroatoms. The Bertz CT molecular complexity index is 1440. The van der Waals surface area contributed by atoms with Crippen molar-refractivity contribution in [3.05, 3.63) is 68.2 Å². The van der Waals surface area contributed by atoms with Crippen LogP contribution in [-0.2, 0) is 6.54 Å². The van der Waals surface area contributed by atoms with E-state index in [1.54, 1.807) is 12.4 Å². The number of benzene rings is 2. The van der Waals surface area contributed by atoms with Gasteiger partial charge in [-0.05, 0) is 0 Å². The summed E-state index contributed by atoms with van der Waals surface area (Å²) in [7, 11) is 0. The maximum absolute atomic E-state index is 6.50. The van der Waals surface area contributed by atoms with Crippen molar-refractivity contribution >= 4 is 89.2 Å². The fourth-order valence-corrected chi connectivity index (χ4v) is 5.83. The first-order valence-electron chi connectivity index (χ1n) is 8.85. The molecule has 3 heterocycles. The molecule has 30 heavy (non-hydrogen) atoms. The van der Waals surface area contributed by atoms with Gasteiger partial charge in [0, 0.05) is 0 Å². The summed E-state index contributed by atoms with van der Waals surface area (Å²) in [5.41, 5.74) is 4.33. The van der Waals surface area contributed by atoms with Gasteiger partial charge in [-0.2, -0.15) is 0 Å². The topological polar surface area (TPSA) is 69.4 Å². The van der Waals surface area contributed by atoms with E-state index in [0.29, 0.717) is 33.3 Å². The van der Waals surface area contributed by atoms with E-state index in [1.807, 2.05) is 41.1 Å². The molecule has 5 aromatic rings. The quantitative estimate of drug-likeness (QED) is 0.231. The van der Waals surface area contributed by atoms with E-state index < -0.39 is 0 Å². The van der Waals surface area contributed by atoms with Crippen LogP contribution in [0.25, 0.3) is 33.3 Å². The number of rotatable bonds is 3. The van der Waals surface area contributed by atoms with Gasteiger partial charge in [0.15, 0.2) is 0 Å². The zero-order valence-electron chi connectivity index (χ0n) is 15.2. The van der Waals surface area contributed by atoms with Crippen molar-refractivity contribution in [1.82, 2.24) is 29.7 Å². The third-order valence-electron chi connectivity index (χ3n) is 4.66. The van der Waals surface area contributed by atoms with Gasteiger partial charge in [0.05, 0.1) is 0 Å². The summed E-state index contributed by atoms with van der Waals surface area (Å²) < 4.78 is 3.65. The Morgan fingerprint density at radius 1 is 0.967 bits per heavy atom. The van der Waals surface area contributed by atoms with Crippen LogP contribution in [0.2, 0.25) is 10.0 Å². The SMILES string of the molecule is Clc1ccccc1-c1nc2c(Cl)cccc2nc1Cn1nc(I)c2c([AsH2])ncnc21. The first-order valence-corrected chi connectivity index (χ1v) is 11.9. The summed E-state index contributed by atoms with van der Waals surface area (Å²) in [6, 6.07) is 13.1. The fourth-order valence-electron chi connectivity index (χ4n) is 3.30. The molecule has 0 spiro atoms. The normalized spacial score (nSPS) is 11.5. The van der Waals surface area contributed by atoms with E-state index in [0.717, 1.165) is 30.5 Å². The number of fused-ring (bicyclic) bond motifs is 2. The summed E-state index contributed by atoms with van der Waals surface area (Å²) >= 11 is 16.6. The third-order valence-corrected chi connectivity index (χ3v) is 6.97. The molecule has 0 N–H and O–H groups in total. The molecular formula is C20H12AsCl2IN6. The number of para-hydroxylation sites is 1. The molecule has 1 unspecified atom stereocenters. The van der Waals surface area contributed by atoms with Crippen molar-refractivity contribution in [2.75, 3.05) is 0 Å². The molecule has 148 valence electrons. The summed E-state index contributed by atoms with van der Waals surface area (Å²) in [4.78, 5) is 18.5. The van der Waals surface area contributed by atoms with Gasteiger partial charge in [-0.1, -0.05) is 0 Å². The fraction of sp³-hybridized carbons (Fsp3) is 0.0500. The number of halogens is 3.